The van der Waals surface area contributed by atoms with Gasteiger partial charge in [0.25, 0.3) is 5.56 Å². The lowest BCUT2D eigenvalue weighted by Gasteiger charge is -2.09. The number of hydrogen-bond donors (Lipinski definition) is 1. The maximum absolute atomic E-state index is 13.0. The first kappa shape index (κ1) is 19.5. The van der Waals surface area contributed by atoms with Crippen molar-refractivity contribution in [3.05, 3.63) is 70.6 Å². The zero-order valence-corrected chi connectivity index (χ0v) is 17.9. The highest BCUT2D eigenvalue weighted by Gasteiger charge is 2.22. The van der Waals surface area contributed by atoms with E-state index in [0.29, 0.717) is 11.4 Å². The van der Waals surface area contributed by atoms with E-state index >= 15 is 0 Å². The van der Waals surface area contributed by atoms with Crippen molar-refractivity contribution >= 4 is 44.9 Å². The fourth-order valence-electron chi connectivity index (χ4n) is 3.04. The Morgan fingerprint density at radius 1 is 1.14 bits per heavy atom. The van der Waals surface area contributed by atoms with E-state index in [2.05, 4.69) is 10.3 Å². The second-order valence-electron chi connectivity index (χ2n) is 6.63. The molecular weight excluding hydrogens is 404 g/mol. The molecule has 1 atom stereocenters. The van der Waals surface area contributed by atoms with Gasteiger partial charge in [-0.15, -0.1) is 11.3 Å². The molecule has 0 spiro atoms. The Balaban J connectivity index is 1.55. The number of fused-ring (bicyclic) bond motifs is 1. The van der Waals surface area contributed by atoms with Crippen LogP contribution < -0.4 is 10.9 Å². The molecule has 0 bridgehead atoms. The van der Waals surface area contributed by atoms with Crippen LogP contribution in [0.2, 0.25) is 0 Å². The van der Waals surface area contributed by atoms with E-state index in [-0.39, 0.29) is 16.7 Å². The molecule has 1 unspecified atom stereocenters. The van der Waals surface area contributed by atoms with Crippen LogP contribution in [0, 0.1) is 6.92 Å². The Labute approximate surface area is 176 Å². The molecule has 2 aromatic carbocycles. The lowest BCUT2D eigenvalue weighted by molar-refractivity contribution is -0.115. The molecular formula is C21H20N4O2S2. The highest BCUT2D eigenvalue weighted by Crippen LogP contribution is 2.32. The van der Waals surface area contributed by atoms with Crippen molar-refractivity contribution in [2.75, 3.05) is 5.32 Å². The highest BCUT2D eigenvalue weighted by atomic mass is 32.2. The molecule has 0 saturated heterocycles. The minimum Gasteiger partial charge on any atom is -0.319 e. The molecule has 2 heterocycles. The summed E-state index contributed by atoms with van der Waals surface area (Å²) in [5, 5.41) is 2.44. The largest absolute Gasteiger partial charge is 0.319 e. The number of nitrogens with zero attached hydrogens (tertiary/aromatic N) is 3. The van der Waals surface area contributed by atoms with Crippen LogP contribution in [0.5, 0.6) is 0 Å². The van der Waals surface area contributed by atoms with Gasteiger partial charge >= 0.3 is 0 Å². The fourth-order valence-corrected chi connectivity index (χ4v) is 5.25. The lowest BCUT2D eigenvalue weighted by atomic mass is 10.3. The van der Waals surface area contributed by atoms with Gasteiger partial charge in [-0.05, 0) is 38.1 Å². The van der Waals surface area contributed by atoms with Gasteiger partial charge in [0, 0.05) is 7.05 Å². The van der Waals surface area contributed by atoms with Gasteiger partial charge in [0.2, 0.25) is 5.91 Å². The molecule has 2 aromatic heterocycles. The first-order valence-corrected chi connectivity index (χ1v) is 10.8. The number of thiazole rings is 1. The Morgan fingerprint density at radius 3 is 2.55 bits per heavy atom. The van der Waals surface area contributed by atoms with Crippen LogP contribution in [0.3, 0.4) is 0 Å². The lowest BCUT2D eigenvalue weighted by Crippen LogP contribution is -2.27. The number of hydrogen-bond acceptors (Lipinski definition) is 5. The zero-order valence-electron chi connectivity index (χ0n) is 16.2. The van der Waals surface area contributed by atoms with Gasteiger partial charge in [-0.3, -0.25) is 14.3 Å². The van der Waals surface area contributed by atoms with Crippen molar-refractivity contribution < 1.29 is 4.79 Å². The minimum atomic E-state index is -0.389. The van der Waals surface area contributed by atoms with Crippen LogP contribution >= 0.6 is 23.1 Å². The Kier molecular flexibility index (Phi) is 5.29. The quantitative estimate of drug-likeness (QED) is 0.487. The minimum absolute atomic E-state index is 0.222. The zero-order chi connectivity index (χ0) is 20.5. The molecule has 0 aliphatic carbocycles. The van der Waals surface area contributed by atoms with Crippen LogP contribution in [0.1, 0.15) is 12.6 Å². The molecule has 0 fully saturated rings. The van der Waals surface area contributed by atoms with Crippen LogP contribution in [-0.2, 0) is 11.8 Å². The molecule has 6 nitrogen and oxygen atoms in total. The molecule has 4 aromatic rings. The van der Waals surface area contributed by atoms with Gasteiger partial charge in [0.05, 0.1) is 26.8 Å². The molecule has 0 aliphatic heterocycles. The number of benzene rings is 2. The monoisotopic (exact) mass is 424 g/mol. The molecule has 1 amide bonds. The summed E-state index contributed by atoms with van der Waals surface area (Å²) in [6, 6.07) is 17.3. The van der Waals surface area contributed by atoms with Gasteiger partial charge in [-0.2, -0.15) is 0 Å². The summed E-state index contributed by atoms with van der Waals surface area (Å²) in [7, 11) is 1.80. The molecule has 148 valence electrons. The van der Waals surface area contributed by atoms with Gasteiger partial charge < -0.3 is 5.32 Å². The highest BCUT2D eigenvalue weighted by molar-refractivity contribution is 8.02. The second kappa shape index (κ2) is 7.88. The third kappa shape index (κ3) is 3.73. The maximum atomic E-state index is 13.0. The molecule has 4 rings (SSSR count). The summed E-state index contributed by atoms with van der Waals surface area (Å²) in [4.78, 5) is 30.3. The van der Waals surface area contributed by atoms with Crippen molar-refractivity contribution in [1.82, 2.24) is 14.3 Å². The number of anilines is 1. The number of thioether (sulfide) groups is 1. The average molecular weight is 425 g/mol. The van der Waals surface area contributed by atoms with Crippen molar-refractivity contribution in [3.63, 3.8) is 0 Å². The standard InChI is InChI=1S/C21H20N4O2S2/c1-13-18(20(27)25(24(13)3)15-9-5-4-6-10-15)23-19(26)14(2)28-21-22-16-11-7-8-12-17(16)29-21/h4-12,14H,1-3H3,(H,23,26). The van der Waals surface area contributed by atoms with E-state index < -0.39 is 0 Å². The van der Waals surface area contributed by atoms with E-state index in [1.807, 2.05) is 68.4 Å². The van der Waals surface area contributed by atoms with E-state index in [0.717, 1.165) is 20.2 Å². The average Bonchev–Trinajstić information content (AvgIpc) is 3.22. The van der Waals surface area contributed by atoms with Gasteiger partial charge in [-0.1, -0.05) is 42.1 Å². The molecule has 1 N–H and O–H groups in total. The van der Waals surface area contributed by atoms with Crippen LogP contribution in [-0.4, -0.2) is 25.5 Å². The van der Waals surface area contributed by atoms with Gasteiger partial charge in [0.1, 0.15) is 5.69 Å². The third-order valence-corrected chi connectivity index (χ3v) is 6.95. The Bertz CT molecular complexity index is 1210. The van der Waals surface area contributed by atoms with Crippen molar-refractivity contribution in [1.29, 1.82) is 0 Å². The van der Waals surface area contributed by atoms with E-state index in [9.17, 15) is 9.59 Å². The number of rotatable bonds is 5. The van der Waals surface area contributed by atoms with Crippen LogP contribution in [0.15, 0.2) is 63.7 Å². The number of nitrogens with one attached hydrogen (secondary N) is 1. The predicted octanol–water partition coefficient (Wildman–Crippen LogP) is 4.21. The number of aromatic nitrogens is 3. The van der Waals surface area contributed by atoms with E-state index in [1.165, 1.54) is 11.8 Å². The molecule has 29 heavy (non-hydrogen) atoms. The Hall–Kier alpha value is -2.84. The van der Waals surface area contributed by atoms with Crippen LogP contribution in [0.25, 0.3) is 15.9 Å². The first-order valence-electron chi connectivity index (χ1n) is 9.13. The predicted molar refractivity (Wildman–Crippen MR) is 119 cm³/mol. The van der Waals surface area contributed by atoms with Gasteiger partial charge in [-0.25, -0.2) is 9.67 Å². The summed E-state index contributed by atoms with van der Waals surface area (Å²) < 4.78 is 5.22. The van der Waals surface area contributed by atoms with Crippen molar-refractivity contribution in [3.8, 4) is 5.69 Å². The molecule has 8 heteroatoms. The molecule has 0 saturated carbocycles. The number of para-hydroxylation sites is 2. The summed E-state index contributed by atoms with van der Waals surface area (Å²) in [5.74, 6) is -0.222. The summed E-state index contributed by atoms with van der Waals surface area (Å²) in [6.07, 6.45) is 0. The number of carbonyl (C=O) groups excluding carboxylic acids is 1. The number of carbonyl (C=O) groups is 1. The van der Waals surface area contributed by atoms with Crippen LogP contribution in [0.4, 0.5) is 5.69 Å². The second-order valence-corrected chi connectivity index (χ2v) is 9.25. The van der Waals surface area contributed by atoms with Crippen molar-refractivity contribution in [2.45, 2.75) is 23.4 Å². The van der Waals surface area contributed by atoms with Crippen molar-refractivity contribution in [2.24, 2.45) is 7.05 Å². The van der Waals surface area contributed by atoms with E-state index in [1.54, 1.807) is 27.7 Å². The molecule has 0 aliphatic rings. The van der Waals surface area contributed by atoms with Gasteiger partial charge in [0.15, 0.2) is 4.34 Å². The topological polar surface area (TPSA) is 68.9 Å². The first-order chi connectivity index (χ1) is 14.0. The SMILES string of the molecule is Cc1c(NC(=O)C(C)Sc2nc3ccccc3s2)c(=O)n(-c2ccccc2)n1C. The van der Waals surface area contributed by atoms with E-state index in [4.69, 9.17) is 0 Å². The normalized spacial score (nSPS) is 12.2. The molecule has 0 radical (unpaired) electrons. The smallest absolute Gasteiger partial charge is 0.295 e. The summed E-state index contributed by atoms with van der Waals surface area (Å²) in [5.41, 5.74) is 2.43. The fraction of sp³-hybridized carbons (Fsp3) is 0.190. The Morgan fingerprint density at radius 2 is 1.83 bits per heavy atom. The summed E-state index contributed by atoms with van der Waals surface area (Å²) in [6.45, 7) is 3.64. The summed E-state index contributed by atoms with van der Waals surface area (Å²) >= 11 is 2.96. The maximum Gasteiger partial charge on any atom is 0.295 e. The number of amides is 1. The third-order valence-electron chi connectivity index (χ3n) is 4.72.